The first-order valence-electron chi connectivity index (χ1n) is 8.82. The predicted octanol–water partition coefficient (Wildman–Crippen LogP) is 2.65. The lowest BCUT2D eigenvalue weighted by Gasteiger charge is -2.24. The average Bonchev–Trinajstić information content (AvgIpc) is 2.56. The van der Waals surface area contributed by atoms with Crippen molar-refractivity contribution >= 4 is 11.8 Å². The van der Waals surface area contributed by atoms with E-state index in [0.717, 1.165) is 5.56 Å². The van der Waals surface area contributed by atoms with Crippen molar-refractivity contribution in [3.05, 3.63) is 23.8 Å². The number of nitrogens with one attached hydrogen (secondary N) is 1. The summed E-state index contributed by atoms with van der Waals surface area (Å²) in [5.74, 6) is 1.14. The fraction of sp³-hybridized carbons (Fsp3) is 0.600. The quantitative estimate of drug-likeness (QED) is 0.770. The van der Waals surface area contributed by atoms with Gasteiger partial charge < -0.3 is 19.7 Å². The van der Waals surface area contributed by atoms with Gasteiger partial charge in [0.15, 0.2) is 11.5 Å². The number of carbonyl (C=O) groups excluding carboxylic acids is 2. The summed E-state index contributed by atoms with van der Waals surface area (Å²) in [6.07, 6.45) is 1.07. The van der Waals surface area contributed by atoms with Crippen LogP contribution in [0.5, 0.6) is 11.5 Å². The smallest absolute Gasteiger partial charge is 0.244 e. The topological polar surface area (TPSA) is 67.9 Å². The number of methoxy groups -OCH3 is 2. The molecule has 0 aliphatic rings. The normalized spacial score (nSPS) is 12.3. The second-order valence-electron chi connectivity index (χ2n) is 7.73. The Morgan fingerprint density at radius 1 is 1.15 bits per heavy atom. The maximum atomic E-state index is 12.5. The van der Waals surface area contributed by atoms with Gasteiger partial charge in [0, 0.05) is 20.0 Å². The van der Waals surface area contributed by atoms with Crippen LogP contribution in [0.1, 0.15) is 39.7 Å². The van der Waals surface area contributed by atoms with Crippen LogP contribution in [0.25, 0.3) is 0 Å². The molecular formula is C20H32N2O4. The van der Waals surface area contributed by atoms with E-state index < -0.39 is 6.04 Å². The Balaban J connectivity index is 2.57. The third kappa shape index (κ3) is 6.94. The first-order chi connectivity index (χ1) is 12.1. The van der Waals surface area contributed by atoms with Crippen LogP contribution in [0.3, 0.4) is 0 Å². The van der Waals surface area contributed by atoms with Crippen LogP contribution < -0.4 is 14.8 Å². The van der Waals surface area contributed by atoms with E-state index in [0.29, 0.717) is 30.9 Å². The highest BCUT2D eigenvalue weighted by Gasteiger charge is 2.22. The van der Waals surface area contributed by atoms with E-state index in [-0.39, 0.29) is 17.2 Å². The standard InChI is InChI=1S/C20H32N2O4/c1-14(21-18(23)13-20(2,3)4)19(24)22(5)11-10-15-8-9-16(25-6)17(12-15)26-7/h8-9,12,14H,10-11,13H2,1-7H3,(H,21,23). The number of likely N-dealkylation sites (N-methyl/N-ethyl adjacent to an activating group) is 1. The zero-order valence-corrected chi connectivity index (χ0v) is 17.0. The molecule has 0 aliphatic carbocycles. The number of benzene rings is 1. The third-order valence-corrected chi connectivity index (χ3v) is 4.00. The Hall–Kier alpha value is -2.24. The van der Waals surface area contributed by atoms with Crippen molar-refractivity contribution in [3.8, 4) is 11.5 Å². The minimum atomic E-state index is -0.541. The summed E-state index contributed by atoms with van der Waals surface area (Å²) in [7, 11) is 4.94. The van der Waals surface area contributed by atoms with Crippen molar-refractivity contribution in [3.63, 3.8) is 0 Å². The molecule has 1 aromatic rings. The average molecular weight is 364 g/mol. The maximum absolute atomic E-state index is 12.5. The molecule has 26 heavy (non-hydrogen) atoms. The lowest BCUT2D eigenvalue weighted by Crippen LogP contribution is -2.46. The molecule has 1 aromatic carbocycles. The number of amides is 2. The summed E-state index contributed by atoms with van der Waals surface area (Å²) in [5, 5.41) is 2.78. The minimum Gasteiger partial charge on any atom is -0.493 e. The zero-order valence-electron chi connectivity index (χ0n) is 17.0. The van der Waals surface area contributed by atoms with Gasteiger partial charge in [0.25, 0.3) is 0 Å². The van der Waals surface area contributed by atoms with Gasteiger partial charge in [-0.3, -0.25) is 9.59 Å². The molecule has 0 heterocycles. The SMILES string of the molecule is COc1ccc(CCN(C)C(=O)C(C)NC(=O)CC(C)(C)C)cc1OC. The number of rotatable bonds is 8. The molecule has 1 rings (SSSR count). The van der Waals surface area contributed by atoms with Crippen LogP contribution in [0.2, 0.25) is 0 Å². The largest absolute Gasteiger partial charge is 0.493 e. The van der Waals surface area contributed by atoms with Crippen molar-refractivity contribution < 1.29 is 19.1 Å². The molecule has 146 valence electrons. The number of nitrogens with zero attached hydrogens (tertiary/aromatic N) is 1. The summed E-state index contributed by atoms with van der Waals surface area (Å²) in [6, 6.07) is 5.17. The Kier molecular flexibility index (Phi) is 7.93. The van der Waals surface area contributed by atoms with Crippen LogP contribution in [-0.2, 0) is 16.0 Å². The van der Waals surface area contributed by atoms with Crippen LogP contribution in [0.15, 0.2) is 18.2 Å². The fourth-order valence-corrected chi connectivity index (χ4v) is 2.61. The number of carbonyl (C=O) groups is 2. The van der Waals surface area contributed by atoms with Gasteiger partial charge in [-0.25, -0.2) is 0 Å². The number of hydrogen-bond acceptors (Lipinski definition) is 4. The maximum Gasteiger partial charge on any atom is 0.244 e. The predicted molar refractivity (Wildman–Crippen MR) is 103 cm³/mol. The van der Waals surface area contributed by atoms with Gasteiger partial charge in [-0.15, -0.1) is 0 Å². The van der Waals surface area contributed by atoms with E-state index >= 15 is 0 Å². The van der Waals surface area contributed by atoms with E-state index in [4.69, 9.17) is 9.47 Å². The third-order valence-electron chi connectivity index (χ3n) is 4.00. The van der Waals surface area contributed by atoms with Gasteiger partial charge in [0.05, 0.1) is 14.2 Å². The molecule has 0 spiro atoms. The molecular weight excluding hydrogens is 332 g/mol. The summed E-state index contributed by atoms with van der Waals surface area (Å²) in [4.78, 5) is 26.1. The van der Waals surface area contributed by atoms with Crippen molar-refractivity contribution in [1.29, 1.82) is 0 Å². The molecule has 0 radical (unpaired) electrons. The van der Waals surface area contributed by atoms with Crippen molar-refractivity contribution in [1.82, 2.24) is 10.2 Å². The lowest BCUT2D eigenvalue weighted by molar-refractivity contribution is -0.135. The Labute approximate surface area is 156 Å². The number of ether oxygens (including phenoxy) is 2. The van der Waals surface area contributed by atoms with Gasteiger partial charge in [-0.05, 0) is 36.5 Å². The Morgan fingerprint density at radius 2 is 1.77 bits per heavy atom. The second-order valence-corrected chi connectivity index (χ2v) is 7.73. The fourth-order valence-electron chi connectivity index (χ4n) is 2.61. The first-order valence-corrected chi connectivity index (χ1v) is 8.82. The summed E-state index contributed by atoms with van der Waals surface area (Å²) in [6.45, 7) is 8.25. The van der Waals surface area contributed by atoms with E-state index in [1.54, 1.807) is 33.1 Å². The van der Waals surface area contributed by atoms with Crippen molar-refractivity contribution in [2.24, 2.45) is 5.41 Å². The summed E-state index contributed by atoms with van der Waals surface area (Å²) in [5.41, 5.74) is 0.943. The van der Waals surface area contributed by atoms with E-state index in [1.807, 2.05) is 39.0 Å². The molecule has 0 saturated carbocycles. The highest BCUT2D eigenvalue weighted by Crippen LogP contribution is 2.27. The molecule has 1 atom stereocenters. The highest BCUT2D eigenvalue weighted by molar-refractivity contribution is 5.87. The van der Waals surface area contributed by atoms with Gasteiger partial charge in [0.1, 0.15) is 6.04 Å². The van der Waals surface area contributed by atoms with E-state index in [2.05, 4.69) is 5.32 Å². The van der Waals surface area contributed by atoms with Gasteiger partial charge in [-0.2, -0.15) is 0 Å². The molecule has 6 nitrogen and oxygen atoms in total. The first kappa shape index (κ1) is 21.8. The molecule has 1 N–H and O–H groups in total. The van der Waals surface area contributed by atoms with Crippen LogP contribution >= 0.6 is 0 Å². The Morgan fingerprint density at radius 3 is 2.31 bits per heavy atom. The van der Waals surface area contributed by atoms with Crippen LogP contribution in [-0.4, -0.2) is 50.6 Å². The summed E-state index contributed by atoms with van der Waals surface area (Å²) < 4.78 is 10.5. The van der Waals surface area contributed by atoms with Crippen LogP contribution in [0.4, 0.5) is 0 Å². The molecule has 0 bridgehead atoms. The molecule has 2 amide bonds. The van der Waals surface area contributed by atoms with Gasteiger partial charge in [0.2, 0.25) is 11.8 Å². The zero-order chi connectivity index (χ0) is 19.9. The van der Waals surface area contributed by atoms with Crippen LogP contribution in [0, 0.1) is 5.41 Å². The minimum absolute atomic E-state index is 0.104. The molecule has 1 unspecified atom stereocenters. The van der Waals surface area contributed by atoms with Gasteiger partial charge >= 0.3 is 0 Å². The molecule has 0 saturated heterocycles. The van der Waals surface area contributed by atoms with Gasteiger partial charge in [-0.1, -0.05) is 26.8 Å². The van der Waals surface area contributed by atoms with Crippen molar-refractivity contribution in [2.75, 3.05) is 27.8 Å². The summed E-state index contributed by atoms with van der Waals surface area (Å²) >= 11 is 0. The number of hydrogen-bond donors (Lipinski definition) is 1. The second kappa shape index (κ2) is 9.46. The van der Waals surface area contributed by atoms with Crippen molar-refractivity contribution in [2.45, 2.75) is 46.6 Å². The highest BCUT2D eigenvalue weighted by atomic mass is 16.5. The Bertz CT molecular complexity index is 623. The van der Waals surface area contributed by atoms with E-state index in [9.17, 15) is 9.59 Å². The molecule has 0 fully saturated rings. The van der Waals surface area contributed by atoms with E-state index in [1.165, 1.54) is 0 Å². The monoisotopic (exact) mass is 364 g/mol. The lowest BCUT2D eigenvalue weighted by atomic mass is 9.92. The molecule has 0 aromatic heterocycles. The molecule has 6 heteroatoms. The molecule has 0 aliphatic heterocycles.